The molecule has 2 aliphatic rings. The van der Waals surface area contributed by atoms with Crippen molar-refractivity contribution < 1.29 is 14.3 Å². The van der Waals surface area contributed by atoms with E-state index in [1.165, 1.54) is 0 Å². The second-order valence-corrected chi connectivity index (χ2v) is 7.78. The molecule has 2 aliphatic heterocycles. The molecule has 0 radical (unpaired) electrons. The van der Waals surface area contributed by atoms with Crippen LogP contribution in [0.5, 0.6) is 5.75 Å². The van der Waals surface area contributed by atoms with E-state index >= 15 is 0 Å². The van der Waals surface area contributed by atoms with Gasteiger partial charge in [0.1, 0.15) is 5.75 Å². The predicted molar refractivity (Wildman–Crippen MR) is 114 cm³/mol. The summed E-state index contributed by atoms with van der Waals surface area (Å²) in [6.45, 7) is 3.19. The Balaban J connectivity index is 1.37. The van der Waals surface area contributed by atoms with Gasteiger partial charge in [0.05, 0.1) is 23.7 Å². The van der Waals surface area contributed by atoms with Gasteiger partial charge in [0.2, 0.25) is 11.8 Å². The monoisotopic (exact) mass is 413 g/mol. The summed E-state index contributed by atoms with van der Waals surface area (Å²) < 4.78 is 5.30. The van der Waals surface area contributed by atoms with Gasteiger partial charge in [0.15, 0.2) is 0 Å². The van der Waals surface area contributed by atoms with E-state index in [4.69, 9.17) is 16.3 Å². The first kappa shape index (κ1) is 19.6. The highest BCUT2D eigenvalue weighted by Gasteiger charge is 2.38. The number of para-hydroxylation sites is 1. The van der Waals surface area contributed by atoms with E-state index < -0.39 is 0 Å². The molecule has 2 amide bonds. The molecule has 0 saturated carbocycles. The van der Waals surface area contributed by atoms with Crippen molar-refractivity contribution in [2.45, 2.75) is 6.42 Å². The van der Waals surface area contributed by atoms with Crippen LogP contribution in [0.1, 0.15) is 6.42 Å². The summed E-state index contributed by atoms with van der Waals surface area (Å²) in [6, 6.07) is 15.2. The van der Waals surface area contributed by atoms with Crippen LogP contribution in [0.3, 0.4) is 0 Å². The normalized spacial score (nSPS) is 19.6. The molecule has 0 aromatic heterocycles. The molecule has 29 heavy (non-hydrogen) atoms. The lowest BCUT2D eigenvalue weighted by molar-refractivity contribution is -0.136. The molecule has 0 bridgehead atoms. The number of hydrogen-bond donors (Lipinski definition) is 0. The van der Waals surface area contributed by atoms with E-state index in [1.54, 1.807) is 18.1 Å². The second-order valence-electron chi connectivity index (χ2n) is 7.37. The van der Waals surface area contributed by atoms with Crippen molar-refractivity contribution in [1.29, 1.82) is 0 Å². The molecular weight excluding hydrogens is 390 g/mol. The van der Waals surface area contributed by atoms with E-state index in [0.29, 0.717) is 30.3 Å². The number of carbonyl (C=O) groups excluding carboxylic acids is 2. The van der Waals surface area contributed by atoms with Crippen molar-refractivity contribution in [3.8, 4) is 5.75 Å². The highest BCUT2D eigenvalue weighted by molar-refractivity contribution is 6.33. The van der Waals surface area contributed by atoms with E-state index in [0.717, 1.165) is 24.5 Å². The fourth-order valence-corrected chi connectivity index (χ4v) is 4.26. The van der Waals surface area contributed by atoms with Crippen molar-refractivity contribution in [2.24, 2.45) is 5.92 Å². The lowest BCUT2D eigenvalue weighted by atomic mass is 10.1. The van der Waals surface area contributed by atoms with Crippen LogP contribution in [0.4, 0.5) is 11.4 Å². The van der Waals surface area contributed by atoms with Gasteiger partial charge in [0.25, 0.3) is 0 Å². The molecule has 2 heterocycles. The molecule has 1 atom stereocenters. The van der Waals surface area contributed by atoms with Gasteiger partial charge in [-0.1, -0.05) is 29.8 Å². The number of piperazine rings is 1. The SMILES string of the molecule is COc1cccc(N2CCN(C(=O)C3CC(=O)N(c4ccccc4Cl)C3)CC2)c1. The van der Waals surface area contributed by atoms with Crippen molar-refractivity contribution in [3.63, 3.8) is 0 Å². The number of hydrogen-bond acceptors (Lipinski definition) is 4. The number of rotatable bonds is 4. The third kappa shape index (κ3) is 4.03. The lowest BCUT2D eigenvalue weighted by Crippen LogP contribution is -2.50. The summed E-state index contributed by atoms with van der Waals surface area (Å²) in [4.78, 5) is 31.3. The zero-order chi connectivity index (χ0) is 20.4. The van der Waals surface area contributed by atoms with Crippen LogP contribution in [0.2, 0.25) is 5.02 Å². The van der Waals surface area contributed by atoms with Gasteiger partial charge in [-0.3, -0.25) is 9.59 Å². The Morgan fingerprint density at radius 1 is 1.07 bits per heavy atom. The third-order valence-corrected chi connectivity index (χ3v) is 5.95. The summed E-state index contributed by atoms with van der Waals surface area (Å²) in [7, 11) is 1.66. The standard InChI is InChI=1S/C22H24ClN3O3/c1-29-18-6-4-5-17(14-18)24-9-11-25(12-10-24)22(28)16-13-21(27)26(15-16)20-8-3-2-7-19(20)23/h2-8,14,16H,9-13,15H2,1H3. The molecule has 0 spiro atoms. The van der Waals surface area contributed by atoms with Crippen LogP contribution in [0.15, 0.2) is 48.5 Å². The molecule has 2 saturated heterocycles. The Hall–Kier alpha value is -2.73. The number of methoxy groups -OCH3 is 1. The number of benzene rings is 2. The average molecular weight is 414 g/mol. The van der Waals surface area contributed by atoms with Gasteiger partial charge in [-0.25, -0.2) is 0 Å². The fraction of sp³-hybridized carbons (Fsp3) is 0.364. The van der Waals surface area contributed by atoms with Gasteiger partial charge in [-0.2, -0.15) is 0 Å². The number of nitrogens with zero attached hydrogens (tertiary/aromatic N) is 3. The number of anilines is 2. The van der Waals surface area contributed by atoms with Gasteiger partial charge >= 0.3 is 0 Å². The summed E-state index contributed by atoms with van der Waals surface area (Å²) in [5, 5.41) is 0.529. The van der Waals surface area contributed by atoms with E-state index in [-0.39, 0.29) is 24.2 Å². The predicted octanol–water partition coefficient (Wildman–Crippen LogP) is 3.05. The summed E-state index contributed by atoms with van der Waals surface area (Å²) in [5.41, 5.74) is 1.77. The molecule has 4 rings (SSSR count). The second kappa shape index (κ2) is 8.33. The molecule has 7 heteroatoms. The van der Waals surface area contributed by atoms with Gasteiger partial charge in [-0.05, 0) is 24.3 Å². The van der Waals surface area contributed by atoms with Gasteiger partial charge < -0.3 is 19.4 Å². The molecule has 1 unspecified atom stereocenters. The van der Waals surface area contributed by atoms with Crippen LogP contribution in [-0.4, -0.2) is 56.5 Å². The number of amides is 2. The average Bonchev–Trinajstić information content (AvgIpc) is 3.15. The number of carbonyl (C=O) groups is 2. The molecular formula is C22H24ClN3O3. The van der Waals surface area contributed by atoms with Crippen molar-refractivity contribution in [2.75, 3.05) is 49.6 Å². The first-order valence-corrected chi connectivity index (χ1v) is 10.2. The zero-order valence-corrected chi connectivity index (χ0v) is 17.1. The Labute approximate surface area is 175 Å². The molecule has 6 nitrogen and oxygen atoms in total. The minimum atomic E-state index is -0.317. The molecule has 0 aliphatic carbocycles. The lowest BCUT2D eigenvalue weighted by Gasteiger charge is -2.37. The minimum Gasteiger partial charge on any atom is -0.497 e. The summed E-state index contributed by atoms with van der Waals surface area (Å²) >= 11 is 6.24. The van der Waals surface area contributed by atoms with E-state index in [2.05, 4.69) is 11.0 Å². The van der Waals surface area contributed by atoms with Crippen LogP contribution in [0.25, 0.3) is 0 Å². The number of halogens is 1. The highest BCUT2D eigenvalue weighted by Crippen LogP contribution is 2.32. The first-order chi connectivity index (χ1) is 14.1. The van der Waals surface area contributed by atoms with E-state index in [1.807, 2.05) is 41.3 Å². The van der Waals surface area contributed by atoms with Crippen LogP contribution < -0.4 is 14.5 Å². The fourth-order valence-electron chi connectivity index (χ4n) is 4.03. The van der Waals surface area contributed by atoms with Crippen molar-refractivity contribution in [1.82, 2.24) is 4.90 Å². The maximum absolute atomic E-state index is 13.0. The van der Waals surface area contributed by atoms with Crippen LogP contribution in [-0.2, 0) is 9.59 Å². The van der Waals surface area contributed by atoms with Crippen LogP contribution in [0, 0.1) is 5.92 Å². The summed E-state index contributed by atoms with van der Waals surface area (Å²) in [5.74, 6) is 0.511. The Morgan fingerprint density at radius 2 is 1.83 bits per heavy atom. The maximum Gasteiger partial charge on any atom is 0.228 e. The quantitative estimate of drug-likeness (QED) is 0.773. The third-order valence-electron chi connectivity index (χ3n) is 5.63. The molecule has 2 fully saturated rings. The topological polar surface area (TPSA) is 53.1 Å². The minimum absolute atomic E-state index is 0.0496. The highest BCUT2D eigenvalue weighted by atomic mass is 35.5. The van der Waals surface area contributed by atoms with Gasteiger partial charge in [-0.15, -0.1) is 0 Å². The largest absolute Gasteiger partial charge is 0.497 e. The zero-order valence-electron chi connectivity index (χ0n) is 16.4. The first-order valence-electron chi connectivity index (χ1n) is 9.79. The van der Waals surface area contributed by atoms with Crippen molar-refractivity contribution >= 4 is 34.8 Å². The maximum atomic E-state index is 13.0. The molecule has 0 N–H and O–H groups in total. The Kier molecular flexibility index (Phi) is 5.62. The molecule has 2 aromatic carbocycles. The van der Waals surface area contributed by atoms with Gasteiger partial charge in [0, 0.05) is 50.9 Å². The van der Waals surface area contributed by atoms with E-state index in [9.17, 15) is 9.59 Å². The molecule has 152 valence electrons. The Morgan fingerprint density at radius 3 is 2.55 bits per heavy atom. The smallest absolute Gasteiger partial charge is 0.228 e. The van der Waals surface area contributed by atoms with Crippen LogP contribution >= 0.6 is 11.6 Å². The van der Waals surface area contributed by atoms with Crippen molar-refractivity contribution in [3.05, 3.63) is 53.6 Å². The Bertz CT molecular complexity index is 912. The molecule has 2 aromatic rings. The summed E-state index contributed by atoms with van der Waals surface area (Å²) in [6.07, 6.45) is 0.236. The number of ether oxygens (including phenoxy) is 1.